The predicted octanol–water partition coefficient (Wildman–Crippen LogP) is 2.36. The smallest absolute Gasteiger partial charge is 0.343 e. The van der Waals surface area contributed by atoms with Gasteiger partial charge in [0, 0.05) is 0 Å². The molecule has 0 aromatic heterocycles. The largest absolute Gasteiger partial charge is 0.482 e. The molecule has 0 heterocycles. The average Bonchev–Trinajstić information content (AvgIpc) is 2.34. The summed E-state index contributed by atoms with van der Waals surface area (Å²) >= 11 is 0. The van der Waals surface area contributed by atoms with E-state index in [9.17, 15) is 4.79 Å². The van der Waals surface area contributed by atoms with Crippen molar-refractivity contribution in [3.05, 3.63) is 42.0 Å². The minimum Gasteiger partial charge on any atom is -0.482 e. The molecule has 0 atom stereocenters. The quantitative estimate of drug-likeness (QED) is 0.564. The Morgan fingerprint density at radius 1 is 1.31 bits per heavy atom. The lowest BCUT2D eigenvalue weighted by atomic mass is 10.1. The van der Waals surface area contributed by atoms with Crippen molar-refractivity contribution < 1.29 is 14.3 Å². The molecule has 0 aliphatic rings. The molecule has 0 unspecified atom stereocenters. The van der Waals surface area contributed by atoms with Crippen LogP contribution in [0.5, 0.6) is 5.75 Å². The molecule has 86 valence electrons. The minimum absolute atomic E-state index is 0.0509. The van der Waals surface area contributed by atoms with Crippen molar-refractivity contribution >= 4 is 5.97 Å². The van der Waals surface area contributed by atoms with Crippen LogP contribution in [0.3, 0.4) is 0 Å². The highest BCUT2D eigenvalue weighted by atomic mass is 16.6. The van der Waals surface area contributed by atoms with E-state index >= 15 is 0 Å². The van der Waals surface area contributed by atoms with E-state index < -0.39 is 0 Å². The molecule has 1 rings (SSSR count). The van der Waals surface area contributed by atoms with Crippen LogP contribution in [0.15, 0.2) is 36.4 Å². The number of ether oxygens (including phenoxy) is 2. The first-order chi connectivity index (χ1) is 7.76. The molecular weight excluding hydrogens is 204 g/mol. The summed E-state index contributed by atoms with van der Waals surface area (Å²) in [6, 6.07) is 7.66. The van der Waals surface area contributed by atoms with Crippen LogP contribution in [-0.2, 0) is 16.0 Å². The summed E-state index contributed by atoms with van der Waals surface area (Å²) < 4.78 is 9.70. The van der Waals surface area contributed by atoms with Crippen LogP contribution in [0.2, 0.25) is 0 Å². The van der Waals surface area contributed by atoms with Crippen LogP contribution in [0.1, 0.15) is 12.5 Å². The average molecular weight is 220 g/mol. The Morgan fingerprint density at radius 2 is 2.00 bits per heavy atom. The highest BCUT2D eigenvalue weighted by molar-refractivity contribution is 5.70. The van der Waals surface area contributed by atoms with E-state index in [4.69, 9.17) is 4.74 Å². The number of esters is 1. The number of hydrogen-bond donors (Lipinski definition) is 0. The number of allylic oxidation sites excluding steroid dienone is 2. The second-order valence-electron chi connectivity index (χ2n) is 3.28. The molecule has 0 N–H and O–H groups in total. The first-order valence-corrected chi connectivity index (χ1v) is 5.16. The van der Waals surface area contributed by atoms with Gasteiger partial charge < -0.3 is 9.47 Å². The number of hydrogen-bond acceptors (Lipinski definition) is 3. The lowest BCUT2D eigenvalue weighted by Crippen LogP contribution is -2.12. The Morgan fingerprint density at radius 3 is 2.56 bits per heavy atom. The molecule has 0 saturated heterocycles. The zero-order valence-corrected chi connectivity index (χ0v) is 9.60. The summed E-state index contributed by atoms with van der Waals surface area (Å²) in [5.74, 6) is 0.299. The zero-order valence-electron chi connectivity index (χ0n) is 9.60. The monoisotopic (exact) mass is 220 g/mol. The van der Waals surface area contributed by atoms with Gasteiger partial charge in [0.15, 0.2) is 6.61 Å². The van der Waals surface area contributed by atoms with Gasteiger partial charge in [0.25, 0.3) is 0 Å². The zero-order chi connectivity index (χ0) is 11.8. The van der Waals surface area contributed by atoms with Gasteiger partial charge in [-0.15, -0.1) is 0 Å². The first kappa shape index (κ1) is 12.3. The molecule has 1 aromatic carbocycles. The molecule has 0 amide bonds. The van der Waals surface area contributed by atoms with Gasteiger partial charge in [-0.1, -0.05) is 24.3 Å². The molecule has 16 heavy (non-hydrogen) atoms. The van der Waals surface area contributed by atoms with Crippen LogP contribution in [-0.4, -0.2) is 19.7 Å². The Hall–Kier alpha value is -1.77. The maximum absolute atomic E-state index is 10.8. The molecule has 0 aliphatic carbocycles. The minimum atomic E-state index is -0.377. The Kier molecular flexibility index (Phi) is 5.12. The normalized spacial score (nSPS) is 10.4. The second kappa shape index (κ2) is 6.67. The van der Waals surface area contributed by atoms with Gasteiger partial charge in [-0.05, 0) is 31.0 Å². The number of carbonyl (C=O) groups is 1. The summed E-state index contributed by atoms with van der Waals surface area (Å²) in [5, 5.41) is 0. The highest BCUT2D eigenvalue weighted by Crippen LogP contribution is 2.12. The molecule has 0 aliphatic heterocycles. The van der Waals surface area contributed by atoms with Gasteiger partial charge in [-0.2, -0.15) is 0 Å². The summed E-state index contributed by atoms with van der Waals surface area (Å²) in [6.07, 6.45) is 5.01. The summed E-state index contributed by atoms with van der Waals surface area (Å²) in [6.45, 7) is 1.94. The van der Waals surface area contributed by atoms with Crippen LogP contribution in [0, 0.1) is 0 Å². The van der Waals surface area contributed by atoms with Crippen molar-refractivity contribution in [2.24, 2.45) is 0 Å². The van der Waals surface area contributed by atoms with Gasteiger partial charge in [-0.3, -0.25) is 0 Å². The highest BCUT2D eigenvalue weighted by Gasteiger charge is 2.01. The Balaban J connectivity index is 2.48. The fourth-order valence-electron chi connectivity index (χ4n) is 1.18. The van der Waals surface area contributed by atoms with E-state index in [1.807, 2.05) is 37.3 Å². The number of benzene rings is 1. The molecule has 0 spiro atoms. The summed E-state index contributed by atoms with van der Waals surface area (Å²) in [4.78, 5) is 10.8. The molecule has 0 radical (unpaired) electrons. The van der Waals surface area contributed by atoms with Crippen LogP contribution >= 0.6 is 0 Å². The Bertz CT molecular complexity index is 352. The van der Waals surface area contributed by atoms with Crippen molar-refractivity contribution in [2.75, 3.05) is 13.7 Å². The third-order valence-electron chi connectivity index (χ3n) is 2.10. The van der Waals surface area contributed by atoms with Crippen molar-refractivity contribution in [3.63, 3.8) is 0 Å². The van der Waals surface area contributed by atoms with Crippen molar-refractivity contribution in [1.29, 1.82) is 0 Å². The van der Waals surface area contributed by atoms with Gasteiger partial charge in [0.05, 0.1) is 7.11 Å². The lowest BCUT2D eigenvalue weighted by Gasteiger charge is -2.05. The topological polar surface area (TPSA) is 35.5 Å². The number of methoxy groups -OCH3 is 1. The summed E-state index contributed by atoms with van der Waals surface area (Å²) in [7, 11) is 1.34. The molecule has 0 fully saturated rings. The van der Waals surface area contributed by atoms with Gasteiger partial charge in [-0.25, -0.2) is 4.79 Å². The van der Waals surface area contributed by atoms with E-state index in [0.717, 1.165) is 6.42 Å². The van der Waals surface area contributed by atoms with E-state index in [-0.39, 0.29) is 12.6 Å². The molecule has 0 saturated carbocycles. The van der Waals surface area contributed by atoms with Crippen molar-refractivity contribution in [3.8, 4) is 5.75 Å². The predicted molar refractivity (Wildman–Crippen MR) is 62.5 cm³/mol. The third kappa shape index (κ3) is 4.17. The van der Waals surface area contributed by atoms with Crippen LogP contribution in [0.25, 0.3) is 0 Å². The molecule has 1 aromatic rings. The number of carbonyl (C=O) groups excluding carboxylic acids is 1. The fraction of sp³-hybridized carbons (Fsp3) is 0.308. The van der Waals surface area contributed by atoms with E-state index in [1.54, 1.807) is 0 Å². The molecule has 3 nitrogen and oxygen atoms in total. The van der Waals surface area contributed by atoms with Gasteiger partial charge >= 0.3 is 5.97 Å². The van der Waals surface area contributed by atoms with Gasteiger partial charge in [0.1, 0.15) is 5.75 Å². The fourth-order valence-corrected chi connectivity index (χ4v) is 1.18. The Labute approximate surface area is 95.7 Å². The SMILES string of the molecule is C/C=C\Cc1ccc(OCC(=O)OC)cc1. The molecular formula is C13H16O3. The van der Waals surface area contributed by atoms with E-state index in [0.29, 0.717) is 5.75 Å². The third-order valence-corrected chi connectivity index (χ3v) is 2.10. The van der Waals surface area contributed by atoms with Crippen LogP contribution < -0.4 is 4.74 Å². The molecule has 0 bridgehead atoms. The van der Waals surface area contributed by atoms with Crippen molar-refractivity contribution in [1.82, 2.24) is 0 Å². The summed E-state index contributed by atoms with van der Waals surface area (Å²) in [5.41, 5.74) is 1.21. The maximum atomic E-state index is 10.8. The molecule has 3 heteroatoms. The second-order valence-corrected chi connectivity index (χ2v) is 3.28. The van der Waals surface area contributed by atoms with Gasteiger partial charge in [0.2, 0.25) is 0 Å². The van der Waals surface area contributed by atoms with E-state index in [2.05, 4.69) is 10.8 Å². The van der Waals surface area contributed by atoms with Crippen LogP contribution in [0.4, 0.5) is 0 Å². The standard InChI is InChI=1S/C13H16O3/c1-3-4-5-11-6-8-12(9-7-11)16-10-13(14)15-2/h3-4,6-9H,5,10H2,1-2H3/b4-3-. The van der Waals surface area contributed by atoms with Crippen molar-refractivity contribution in [2.45, 2.75) is 13.3 Å². The lowest BCUT2D eigenvalue weighted by molar-refractivity contribution is -0.142. The van der Waals surface area contributed by atoms with E-state index in [1.165, 1.54) is 12.7 Å². The number of rotatable bonds is 5. The first-order valence-electron chi connectivity index (χ1n) is 5.16. The maximum Gasteiger partial charge on any atom is 0.343 e.